The van der Waals surface area contributed by atoms with Crippen molar-refractivity contribution in [2.24, 2.45) is 5.92 Å². The standard InChI is InChI=1S/C13H26N2O/c1-5-11(6-2)13(16)14-12-7-8-15(9-12)10(3)4/h10-12H,5-9H2,1-4H3,(H,14,16)/t12-/m1/s1. The van der Waals surface area contributed by atoms with Crippen molar-refractivity contribution < 1.29 is 4.79 Å². The van der Waals surface area contributed by atoms with Crippen molar-refractivity contribution in [1.29, 1.82) is 0 Å². The number of amides is 1. The predicted octanol–water partition coefficient (Wildman–Crippen LogP) is 2.02. The van der Waals surface area contributed by atoms with Gasteiger partial charge in [0, 0.05) is 31.1 Å². The monoisotopic (exact) mass is 226 g/mol. The molecule has 1 saturated heterocycles. The van der Waals surface area contributed by atoms with E-state index in [1.54, 1.807) is 0 Å². The molecule has 0 radical (unpaired) electrons. The Morgan fingerprint density at radius 1 is 1.38 bits per heavy atom. The molecule has 3 heteroatoms. The molecule has 0 aliphatic carbocycles. The van der Waals surface area contributed by atoms with Crippen molar-refractivity contribution in [3.63, 3.8) is 0 Å². The van der Waals surface area contributed by atoms with Gasteiger partial charge in [0.1, 0.15) is 0 Å². The minimum atomic E-state index is 0.202. The molecule has 1 rings (SSSR count). The van der Waals surface area contributed by atoms with Crippen molar-refractivity contribution in [3.05, 3.63) is 0 Å². The first kappa shape index (κ1) is 13.5. The molecule has 0 aromatic heterocycles. The van der Waals surface area contributed by atoms with Crippen LogP contribution in [0.4, 0.5) is 0 Å². The van der Waals surface area contributed by atoms with Gasteiger partial charge in [-0.05, 0) is 33.1 Å². The van der Waals surface area contributed by atoms with E-state index in [0.29, 0.717) is 12.1 Å². The Morgan fingerprint density at radius 3 is 2.44 bits per heavy atom. The van der Waals surface area contributed by atoms with Gasteiger partial charge in [-0.3, -0.25) is 9.69 Å². The summed E-state index contributed by atoms with van der Waals surface area (Å²) in [6, 6.07) is 0.963. The van der Waals surface area contributed by atoms with Crippen LogP contribution in [-0.2, 0) is 4.79 Å². The zero-order chi connectivity index (χ0) is 12.1. The van der Waals surface area contributed by atoms with Crippen molar-refractivity contribution >= 4 is 5.91 Å². The zero-order valence-electron chi connectivity index (χ0n) is 11.1. The van der Waals surface area contributed by atoms with Gasteiger partial charge in [-0.25, -0.2) is 0 Å². The van der Waals surface area contributed by atoms with E-state index in [4.69, 9.17) is 0 Å². The fourth-order valence-corrected chi connectivity index (χ4v) is 2.35. The van der Waals surface area contributed by atoms with E-state index in [0.717, 1.165) is 32.4 Å². The number of carbonyl (C=O) groups excluding carboxylic acids is 1. The van der Waals surface area contributed by atoms with Gasteiger partial charge >= 0.3 is 0 Å². The van der Waals surface area contributed by atoms with Crippen LogP contribution in [0.15, 0.2) is 0 Å². The third-order valence-electron chi connectivity index (χ3n) is 3.65. The number of likely N-dealkylation sites (tertiary alicyclic amines) is 1. The molecule has 1 N–H and O–H groups in total. The summed E-state index contributed by atoms with van der Waals surface area (Å²) in [7, 11) is 0. The van der Waals surface area contributed by atoms with Gasteiger partial charge in [0.15, 0.2) is 0 Å². The summed E-state index contributed by atoms with van der Waals surface area (Å²) < 4.78 is 0. The van der Waals surface area contributed by atoms with Crippen LogP contribution in [-0.4, -0.2) is 36.0 Å². The van der Waals surface area contributed by atoms with E-state index in [1.165, 1.54) is 0 Å². The largest absolute Gasteiger partial charge is 0.352 e. The molecule has 1 aliphatic rings. The summed E-state index contributed by atoms with van der Waals surface area (Å²) in [6.45, 7) is 10.7. The molecule has 0 unspecified atom stereocenters. The fraction of sp³-hybridized carbons (Fsp3) is 0.923. The molecule has 94 valence electrons. The summed E-state index contributed by atoms with van der Waals surface area (Å²) in [4.78, 5) is 14.3. The molecule has 1 amide bonds. The lowest BCUT2D eigenvalue weighted by Gasteiger charge is -2.21. The molecule has 3 nitrogen and oxygen atoms in total. The quantitative estimate of drug-likeness (QED) is 0.778. The first-order chi connectivity index (χ1) is 7.58. The maximum atomic E-state index is 11.9. The first-order valence-electron chi connectivity index (χ1n) is 6.62. The zero-order valence-corrected chi connectivity index (χ0v) is 11.1. The normalized spacial score (nSPS) is 22.0. The number of nitrogens with zero attached hydrogens (tertiary/aromatic N) is 1. The Bertz CT molecular complexity index is 224. The van der Waals surface area contributed by atoms with Crippen LogP contribution >= 0.6 is 0 Å². The summed E-state index contributed by atoms with van der Waals surface area (Å²) in [6.07, 6.45) is 3.00. The Kier molecular flexibility index (Phi) is 5.26. The Labute approximate surface area is 99.6 Å². The molecule has 16 heavy (non-hydrogen) atoms. The molecule has 0 aromatic carbocycles. The van der Waals surface area contributed by atoms with E-state index in [1.807, 2.05) is 0 Å². The maximum Gasteiger partial charge on any atom is 0.223 e. The van der Waals surface area contributed by atoms with Gasteiger partial charge < -0.3 is 5.32 Å². The summed E-state index contributed by atoms with van der Waals surface area (Å²) in [5.41, 5.74) is 0. The average molecular weight is 226 g/mol. The molecule has 0 aromatic rings. The topological polar surface area (TPSA) is 32.3 Å². The van der Waals surface area contributed by atoms with E-state index in [9.17, 15) is 4.79 Å². The average Bonchev–Trinajstić information content (AvgIpc) is 2.68. The highest BCUT2D eigenvalue weighted by Gasteiger charge is 2.26. The number of nitrogens with one attached hydrogen (secondary N) is 1. The lowest BCUT2D eigenvalue weighted by Crippen LogP contribution is -2.41. The highest BCUT2D eigenvalue weighted by molar-refractivity contribution is 5.78. The third-order valence-corrected chi connectivity index (χ3v) is 3.65. The lowest BCUT2D eigenvalue weighted by atomic mass is 10.0. The summed E-state index contributed by atoms with van der Waals surface area (Å²) in [5.74, 6) is 0.453. The molecule has 1 fully saturated rings. The molecular weight excluding hydrogens is 200 g/mol. The number of hydrogen-bond donors (Lipinski definition) is 1. The third kappa shape index (κ3) is 3.48. The molecule has 1 heterocycles. The van der Waals surface area contributed by atoms with Crippen LogP contribution < -0.4 is 5.32 Å². The van der Waals surface area contributed by atoms with Crippen LogP contribution in [0.25, 0.3) is 0 Å². The molecule has 0 bridgehead atoms. The maximum absolute atomic E-state index is 11.9. The first-order valence-corrected chi connectivity index (χ1v) is 6.62. The molecule has 0 spiro atoms. The highest BCUT2D eigenvalue weighted by Crippen LogP contribution is 2.14. The number of hydrogen-bond acceptors (Lipinski definition) is 2. The van der Waals surface area contributed by atoms with Gasteiger partial charge in [0.25, 0.3) is 0 Å². The Balaban J connectivity index is 2.36. The summed E-state index contributed by atoms with van der Waals surface area (Å²) in [5, 5.41) is 3.19. The van der Waals surface area contributed by atoms with Gasteiger partial charge in [0.05, 0.1) is 0 Å². The summed E-state index contributed by atoms with van der Waals surface area (Å²) >= 11 is 0. The van der Waals surface area contributed by atoms with Crippen molar-refractivity contribution in [2.75, 3.05) is 13.1 Å². The van der Waals surface area contributed by atoms with E-state index < -0.39 is 0 Å². The van der Waals surface area contributed by atoms with Crippen molar-refractivity contribution in [2.45, 2.75) is 59.0 Å². The minimum Gasteiger partial charge on any atom is -0.352 e. The van der Waals surface area contributed by atoms with Crippen LogP contribution in [0.1, 0.15) is 47.0 Å². The van der Waals surface area contributed by atoms with E-state index in [-0.39, 0.29) is 11.8 Å². The lowest BCUT2D eigenvalue weighted by molar-refractivity contribution is -0.125. The SMILES string of the molecule is CCC(CC)C(=O)N[C@@H]1CCN(C(C)C)C1. The second kappa shape index (κ2) is 6.24. The second-order valence-corrected chi connectivity index (χ2v) is 5.10. The molecular formula is C13H26N2O. The van der Waals surface area contributed by atoms with Gasteiger partial charge in [0.2, 0.25) is 5.91 Å². The molecule has 0 saturated carbocycles. The minimum absolute atomic E-state index is 0.202. The molecule has 1 aliphatic heterocycles. The van der Waals surface area contributed by atoms with Crippen LogP contribution in [0.5, 0.6) is 0 Å². The highest BCUT2D eigenvalue weighted by atomic mass is 16.1. The Hall–Kier alpha value is -0.570. The van der Waals surface area contributed by atoms with E-state index in [2.05, 4.69) is 37.9 Å². The van der Waals surface area contributed by atoms with Crippen LogP contribution in [0.3, 0.4) is 0 Å². The van der Waals surface area contributed by atoms with Gasteiger partial charge in [-0.2, -0.15) is 0 Å². The number of rotatable bonds is 5. The van der Waals surface area contributed by atoms with Gasteiger partial charge in [-0.1, -0.05) is 13.8 Å². The van der Waals surface area contributed by atoms with Crippen molar-refractivity contribution in [3.8, 4) is 0 Å². The fourth-order valence-electron chi connectivity index (χ4n) is 2.35. The smallest absolute Gasteiger partial charge is 0.223 e. The Morgan fingerprint density at radius 2 is 2.00 bits per heavy atom. The van der Waals surface area contributed by atoms with E-state index >= 15 is 0 Å². The number of carbonyl (C=O) groups is 1. The van der Waals surface area contributed by atoms with Crippen molar-refractivity contribution in [1.82, 2.24) is 10.2 Å². The van der Waals surface area contributed by atoms with Gasteiger partial charge in [-0.15, -0.1) is 0 Å². The van der Waals surface area contributed by atoms with Crippen LogP contribution in [0, 0.1) is 5.92 Å². The van der Waals surface area contributed by atoms with Crippen LogP contribution in [0.2, 0.25) is 0 Å². The molecule has 1 atom stereocenters. The second-order valence-electron chi connectivity index (χ2n) is 5.10. The predicted molar refractivity (Wildman–Crippen MR) is 67.3 cm³/mol.